The van der Waals surface area contributed by atoms with Gasteiger partial charge in [0.2, 0.25) is 5.91 Å². The van der Waals surface area contributed by atoms with Crippen LogP contribution in [0.1, 0.15) is 12.6 Å². The van der Waals surface area contributed by atoms with E-state index in [1.807, 2.05) is 6.07 Å². The molecule has 0 saturated carbocycles. The van der Waals surface area contributed by atoms with Crippen molar-refractivity contribution in [2.24, 2.45) is 0 Å². The quantitative estimate of drug-likeness (QED) is 0.912. The van der Waals surface area contributed by atoms with Gasteiger partial charge in [0.25, 0.3) is 0 Å². The maximum Gasteiger partial charge on any atom is 0.221 e. The number of hydrogen-bond donors (Lipinski definition) is 1. The molecule has 1 amide bonds. The van der Waals surface area contributed by atoms with Crippen molar-refractivity contribution in [2.45, 2.75) is 6.92 Å². The fourth-order valence-corrected chi connectivity index (χ4v) is 1.51. The zero-order valence-corrected chi connectivity index (χ0v) is 10.3. The number of hydrogen-bond acceptors (Lipinski definition) is 4. The van der Waals surface area contributed by atoms with Crippen molar-refractivity contribution in [3.8, 4) is 17.6 Å². The fourth-order valence-electron chi connectivity index (χ4n) is 1.51. The highest BCUT2D eigenvalue weighted by molar-refractivity contribution is 5.90. The van der Waals surface area contributed by atoms with E-state index >= 15 is 0 Å². The number of para-hydroxylation sites is 2. The summed E-state index contributed by atoms with van der Waals surface area (Å²) in [5, 5.41) is 11.5. The summed E-state index contributed by atoms with van der Waals surface area (Å²) in [7, 11) is 0. The molecule has 0 saturated heterocycles. The molecular formula is C14H11N3O2. The van der Waals surface area contributed by atoms with Crippen LogP contribution in [-0.2, 0) is 4.79 Å². The topological polar surface area (TPSA) is 75.0 Å². The van der Waals surface area contributed by atoms with Gasteiger partial charge in [-0.2, -0.15) is 5.26 Å². The van der Waals surface area contributed by atoms with Crippen LogP contribution < -0.4 is 10.1 Å². The van der Waals surface area contributed by atoms with Crippen LogP contribution in [0.3, 0.4) is 0 Å². The van der Waals surface area contributed by atoms with Gasteiger partial charge in [0.05, 0.1) is 5.69 Å². The van der Waals surface area contributed by atoms with Gasteiger partial charge in [-0.25, -0.2) is 4.98 Å². The molecule has 0 aliphatic heterocycles. The molecule has 1 aromatic carbocycles. The van der Waals surface area contributed by atoms with Crippen molar-refractivity contribution < 1.29 is 9.53 Å². The maximum absolute atomic E-state index is 11.1. The first kappa shape index (κ1) is 12.6. The Balaban J connectivity index is 2.27. The van der Waals surface area contributed by atoms with Gasteiger partial charge in [-0.1, -0.05) is 12.1 Å². The lowest BCUT2D eigenvalue weighted by atomic mass is 10.3. The second kappa shape index (κ2) is 5.65. The molecule has 0 atom stereocenters. The number of aromatic nitrogens is 1. The van der Waals surface area contributed by atoms with Crippen molar-refractivity contribution in [1.29, 1.82) is 5.26 Å². The predicted molar refractivity (Wildman–Crippen MR) is 69.8 cm³/mol. The highest BCUT2D eigenvalue weighted by atomic mass is 16.5. The number of rotatable bonds is 3. The van der Waals surface area contributed by atoms with Gasteiger partial charge in [0.15, 0.2) is 5.75 Å². The minimum absolute atomic E-state index is 0.177. The van der Waals surface area contributed by atoms with E-state index in [0.717, 1.165) is 0 Å². The third kappa shape index (κ3) is 3.30. The lowest BCUT2D eigenvalue weighted by Gasteiger charge is -2.11. The van der Waals surface area contributed by atoms with Crippen LogP contribution >= 0.6 is 0 Å². The number of ether oxygens (including phenoxy) is 1. The molecule has 94 valence electrons. The lowest BCUT2D eigenvalue weighted by Crippen LogP contribution is -2.06. The zero-order valence-electron chi connectivity index (χ0n) is 10.3. The molecular weight excluding hydrogens is 242 g/mol. The van der Waals surface area contributed by atoms with Crippen molar-refractivity contribution in [3.63, 3.8) is 0 Å². The van der Waals surface area contributed by atoms with Crippen molar-refractivity contribution in [2.75, 3.05) is 5.32 Å². The minimum atomic E-state index is -0.177. The van der Waals surface area contributed by atoms with Crippen LogP contribution in [0.2, 0.25) is 0 Å². The lowest BCUT2D eigenvalue weighted by molar-refractivity contribution is -0.114. The van der Waals surface area contributed by atoms with Gasteiger partial charge in [0.1, 0.15) is 17.5 Å². The van der Waals surface area contributed by atoms with Crippen LogP contribution in [-0.4, -0.2) is 10.9 Å². The summed E-state index contributed by atoms with van der Waals surface area (Å²) in [5.41, 5.74) is 0.847. The van der Waals surface area contributed by atoms with E-state index in [9.17, 15) is 4.79 Å². The minimum Gasteiger partial charge on any atom is -0.455 e. The first-order valence-corrected chi connectivity index (χ1v) is 5.59. The van der Waals surface area contributed by atoms with Crippen LogP contribution in [0.15, 0.2) is 42.6 Å². The summed E-state index contributed by atoms with van der Waals surface area (Å²) >= 11 is 0. The predicted octanol–water partition coefficient (Wildman–Crippen LogP) is 2.70. The molecule has 0 aliphatic carbocycles. The van der Waals surface area contributed by atoms with Gasteiger partial charge in [-0.15, -0.1) is 0 Å². The Hall–Kier alpha value is -2.87. The Morgan fingerprint density at radius 2 is 2.16 bits per heavy atom. The monoisotopic (exact) mass is 253 g/mol. The normalized spacial score (nSPS) is 9.47. The summed E-state index contributed by atoms with van der Waals surface area (Å²) in [6.45, 7) is 1.43. The van der Waals surface area contributed by atoms with Crippen LogP contribution in [0.5, 0.6) is 11.5 Å². The van der Waals surface area contributed by atoms with Gasteiger partial charge in [-0.05, 0) is 18.2 Å². The third-order valence-corrected chi connectivity index (χ3v) is 2.27. The Morgan fingerprint density at radius 1 is 1.37 bits per heavy atom. The van der Waals surface area contributed by atoms with Crippen molar-refractivity contribution in [3.05, 3.63) is 48.3 Å². The molecule has 2 rings (SSSR count). The van der Waals surface area contributed by atoms with Crippen molar-refractivity contribution >= 4 is 11.6 Å². The smallest absolute Gasteiger partial charge is 0.221 e. The Bertz CT molecular complexity index is 647. The summed E-state index contributed by atoms with van der Waals surface area (Å²) in [6.07, 6.45) is 1.49. The summed E-state index contributed by atoms with van der Waals surface area (Å²) in [5.74, 6) is 0.820. The second-order valence-corrected chi connectivity index (χ2v) is 3.77. The van der Waals surface area contributed by atoms with E-state index in [1.54, 1.807) is 30.3 Å². The number of nitrogens with one attached hydrogen (secondary N) is 1. The average molecular weight is 253 g/mol. The summed E-state index contributed by atoms with van der Waals surface area (Å²) in [6, 6.07) is 12.2. The molecule has 5 nitrogen and oxygen atoms in total. The first-order chi connectivity index (χ1) is 9.19. The molecule has 0 fully saturated rings. The number of anilines is 1. The number of carbonyl (C=O) groups excluding carboxylic acids is 1. The van der Waals surface area contributed by atoms with E-state index in [1.165, 1.54) is 19.2 Å². The van der Waals surface area contributed by atoms with Gasteiger partial charge < -0.3 is 10.1 Å². The zero-order chi connectivity index (χ0) is 13.7. The summed E-state index contributed by atoms with van der Waals surface area (Å²) < 4.78 is 5.65. The average Bonchev–Trinajstić information content (AvgIpc) is 2.41. The number of benzene rings is 1. The summed E-state index contributed by atoms with van der Waals surface area (Å²) in [4.78, 5) is 15.0. The third-order valence-electron chi connectivity index (χ3n) is 2.27. The van der Waals surface area contributed by atoms with E-state index < -0.39 is 0 Å². The molecule has 5 heteroatoms. The number of pyridine rings is 1. The Labute approximate surface area is 110 Å². The highest BCUT2D eigenvalue weighted by Gasteiger charge is 2.06. The largest absolute Gasteiger partial charge is 0.455 e. The van der Waals surface area contributed by atoms with E-state index in [-0.39, 0.29) is 11.6 Å². The van der Waals surface area contributed by atoms with Crippen LogP contribution in [0.4, 0.5) is 5.69 Å². The highest BCUT2D eigenvalue weighted by Crippen LogP contribution is 2.29. The SMILES string of the molecule is CC(=O)Nc1ccccc1Oc1ccnc(C#N)c1. The van der Waals surface area contributed by atoms with Gasteiger partial charge >= 0.3 is 0 Å². The molecule has 1 heterocycles. The molecule has 1 N–H and O–H groups in total. The van der Waals surface area contributed by atoms with E-state index in [4.69, 9.17) is 10.00 Å². The fraction of sp³-hybridized carbons (Fsp3) is 0.0714. The van der Waals surface area contributed by atoms with E-state index in [0.29, 0.717) is 17.2 Å². The Morgan fingerprint density at radius 3 is 2.89 bits per heavy atom. The molecule has 0 radical (unpaired) electrons. The van der Waals surface area contributed by atoms with E-state index in [2.05, 4.69) is 10.3 Å². The van der Waals surface area contributed by atoms with Gasteiger partial charge in [0, 0.05) is 19.2 Å². The first-order valence-electron chi connectivity index (χ1n) is 5.59. The number of amides is 1. The van der Waals surface area contributed by atoms with Crippen LogP contribution in [0.25, 0.3) is 0 Å². The molecule has 1 aromatic heterocycles. The molecule has 0 bridgehead atoms. The molecule has 0 unspecified atom stereocenters. The van der Waals surface area contributed by atoms with Crippen LogP contribution in [0, 0.1) is 11.3 Å². The maximum atomic E-state index is 11.1. The molecule has 2 aromatic rings. The standard InChI is InChI=1S/C14H11N3O2/c1-10(18)17-13-4-2-3-5-14(13)19-12-6-7-16-11(8-12)9-15/h2-8H,1H3,(H,17,18). The van der Waals surface area contributed by atoms with Crippen molar-refractivity contribution in [1.82, 2.24) is 4.98 Å². The molecule has 0 aliphatic rings. The molecule has 19 heavy (non-hydrogen) atoms. The van der Waals surface area contributed by atoms with Gasteiger partial charge in [-0.3, -0.25) is 4.79 Å². The second-order valence-electron chi connectivity index (χ2n) is 3.77. The number of carbonyl (C=O) groups is 1. The number of nitrogens with zero attached hydrogens (tertiary/aromatic N) is 2. The Kier molecular flexibility index (Phi) is 3.74. The molecule has 0 spiro atoms. The number of nitriles is 1.